The summed E-state index contributed by atoms with van der Waals surface area (Å²) in [6.07, 6.45) is 8.99. The number of hydrogen-bond acceptors (Lipinski definition) is 6. The van der Waals surface area contributed by atoms with Crippen molar-refractivity contribution < 1.29 is 14.4 Å². The number of fused-ring (bicyclic) bond motifs is 1. The standard InChI is InChI=1S/C27H26N6O3/c1-32-23(18-11-28-24(29-12-18)14-2-3-14)22(31-25(32)15-4-5-15)16-6-7-19-17(10-16)13-33(27(19)36)20-8-9-21(34)30-26(20)35/h6-7,10-12,14-15,20H,2-5,8-9,13H2,1H3,(H,30,34,35). The third-order valence-corrected chi connectivity index (χ3v) is 7.76. The van der Waals surface area contributed by atoms with Gasteiger partial charge in [0.05, 0.1) is 11.4 Å². The van der Waals surface area contributed by atoms with Gasteiger partial charge in [-0.1, -0.05) is 6.07 Å². The molecule has 1 atom stereocenters. The fourth-order valence-corrected chi connectivity index (χ4v) is 5.49. The van der Waals surface area contributed by atoms with E-state index >= 15 is 0 Å². The maximum absolute atomic E-state index is 13.1. The molecular weight excluding hydrogens is 456 g/mol. The van der Waals surface area contributed by atoms with E-state index in [2.05, 4.69) is 26.9 Å². The normalized spacial score (nSPS) is 21.6. The number of hydrogen-bond donors (Lipinski definition) is 1. The molecule has 182 valence electrons. The minimum Gasteiger partial charge on any atom is -0.330 e. The van der Waals surface area contributed by atoms with E-state index < -0.39 is 11.9 Å². The van der Waals surface area contributed by atoms with E-state index in [1.54, 1.807) is 4.90 Å². The number of imide groups is 1. The second-order valence-electron chi connectivity index (χ2n) is 10.4. The molecule has 4 aliphatic rings. The number of imidazole rings is 1. The number of carbonyl (C=O) groups is 3. The van der Waals surface area contributed by atoms with Crippen LogP contribution in [0.3, 0.4) is 0 Å². The van der Waals surface area contributed by atoms with Gasteiger partial charge in [-0.05, 0) is 49.8 Å². The molecule has 0 bridgehead atoms. The molecule has 1 aromatic carbocycles. The van der Waals surface area contributed by atoms with Gasteiger partial charge in [-0.25, -0.2) is 15.0 Å². The summed E-state index contributed by atoms with van der Waals surface area (Å²) in [5.41, 5.74) is 5.16. The molecule has 3 fully saturated rings. The minimum absolute atomic E-state index is 0.171. The Bertz CT molecular complexity index is 1430. The van der Waals surface area contributed by atoms with Crippen LogP contribution < -0.4 is 5.32 Å². The number of benzene rings is 1. The summed E-state index contributed by atoms with van der Waals surface area (Å²) in [6.45, 7) is 0.338. The van der Waals surface area contributed by atoms with Crippen molar-refractivity contribution in [3.05, 3.63) is 53.4 Å². The van der Waals surface area contributed by atoms with Crippen LogP contribution in [-0.4, -0.2) is 48.2 Å². The number of rotatable bonds is 5. The van der Waals surface area contributed by atoms with Crippen LogP contribution in [0.2, 0.25) is 0 Å². The van der Waals surface area contributed by atoms with Crippen molar-refractivity contribution >= 4 is 17.7 Å². The van der Waals surface area contributed by atoms with Gasteiger partial charge in [-0.2, -0.15) is 0 Å². The highest BCUT2D eigenvalue weighted by molar-refractivity contribution is 6.05. The fourth-order valence-electron chi connectivity index (χ4n) is 5.49. The first-order chi connectivity index (χ1) is 17.5. The highest BCUT2D eigenvalue weighted by Crippen LogP contribution is 2.44. The molecule has 0 spiro atoms. The molecule has 1 N–H and O–H groups in total. The molecule has 9 heteroatoms. The van der Waals surface area contributed by atoms with Crippen LogP contribution in [0.15, 0.2) is 30.6 Å². The van der Waals surface area contributed by atoms with E-state index in [9.17, 15) is 14.4 Å². The molecule has 36 heavy (non-hydrogen) atoms. The van der Waals surface area contributed by atoms with Crippen molar-refractivity contribution in [2.45, 2.75) is 62.9 Å². The Hall–Kier alpha value is -3.88. The number of aromatic nitrogens is 4. The van der Waals surface area contributed by atoms with Crippen LogP contribution in [0, 0.1) is 0 Å². The molecule has 2 aliphatic heterocycles. The van der Waals surface area contributed by atoms with E-state index in [4.69, 9.17) is 4.98 Å². The maximum Gasteiger partial charge on any atom is 0.255 e. The summed E-state index contributed by atoms with van der Waals surface area (Å²) >= 11 is 0. The van der Waals surface area contributed by atoms with Crippen molar-refractivity contribution in [3.63, 3.8) is 0 Å². The fraction of sp³-hybridized carbons (Fsp3) is 0.407. The van der Waals surface area contributed by atoms with Crippen LogP contribution in [-0.2, 0) is 23.2 Å². The second kappa shape index (κ2) is 7.81. The Kier molecular flexibility index (Phi) is 4.64. The number of piperidine rings is 1. The number of carbonyl (C=O) groups excluding carboxylic acids is 3. The van der Waals surface area contributed by atoms with Crippen LogP contribution in [0.5, 0.6) is 0 Å². The Morgan fingerprint density at radius 1 is 0.944 bits per heavy atom. The molecule has 7 rings (SSSR count). The summed E-state index contributed by atoms with van der Waals surface area (Å²) in [4.78, 5) is 53.0. The first kappa shape index (κ1) is 21.4. The van der Waals surface area contributed by atoms with Crippen LogP contribution in [0.4, 0.5) is 0 Å². The molecule has 2 aliphatic carbocycles. The highest BCUT2D eigenvalue weighted by atomic mass is 16.2. The van der Waals surface area contributed by atoms with Crippen molar-refractivity contribution in [3.8, 4) is 22.5 Å². The SMILES string of the molecule is Cn1c(C2CC2)nc(-c2ccc3c(c2)CN(C2CCC(=O)NC2=O)C3=O)c1-c1cnc(C2CC2)nc1. The third kappa shape index (κ3) is 3.44. The summed E-state index contributed by atoms with van der Waals surface area (Å²) in [5.74, 6) is 2.08. The molecule has 3 amide bonds. The van der Waals surface area contributed by atoms with Gasteiger partial charge < -0.3 is 9.47 Å². The first-order valence-corrected chi connectivity index (χ1v) is 12.6. The highest BCUT2D eigenvalue weighted by Gasteiger charge is 2.39. The molecule has 4 heterocycles. The lowest BCUT2D eigenvalue weighted by atomic mass is 10.0. The molecular formula is C27H26N6O3. The summed E-state index contributed by atoms with van der Waals surface area (Å²) in [7, 11) is 2.05. The van der Waals surface area contributed by atoms with E-state index in [1.165, 1.54) is 0 Å². The van der Waals surface area contributed by atoms with E-state index in [-0.39, 0.29) is 18.2 Å². The van der Waals surface area contributed by atoms with Gasteiger partial charge >= 0.3 is 0 Å². The Morgan fingerprint density at radius 2 is 1.69 bits per heavy atom. The Morgan fingerprint density at radius 3 is 2.39 bits per heavy atom. The van der Waals surface area contributed by atoms with Crippen LogP contribution >= 0.6 is 0 Å². The number of nitrogens with zero attached hydrogens (tertiary/aromatic N) is 5. The third-order valence-electron chi connectivity index (χ3n) is 7.76. The van der Waals surface area contributed by atoms with E-state index in [1.807, 2.05) is 30.6 Å². The maximum atomic E-state index is 13.1. The van der Waals surface area contributed by atoms with Gasteiger partial charge in [0.15, 0.2) is 0 Å². The van der Waals surface area contributed by atoms with Crippen molar-refractivity contribution in [1.29, 1.82) is 0 Å². The Balaban J connectivity index is 1.25. The molecule has 3 aromatic rings. The summed E-state index contributed by atoms with van der Waals surface area (Å²) in [6, 6.07) is 5.16. The molecule has 1 unspecified atom stereocenters. The van der Waals surface area contributed by atoms with Gasteiger partial charge in [-0.15, -0.1) is 0 Å². The lowest BCUT2D eigenvalue weighted by Gasteiger charge is -2.29. The van der Waals surface area contributed by atoms with Gasteiger partial charge in [0.2, 0.25) is 11.8 Å². The molecule has 9 nitrogen and oxygen atoms in total. The molecule has 2 aromatic heterocycles. The first-order valence-electron chi connectivity index (χ1n) is 12.6. The second-order valence-corrected chi connectivity index (χ2v) is 10.4. The van der Waals surface area contributed by atoms with E-state index in [0.29, 0.717) is 30.4 Å². The van der Waals surface area contributed by atoms with Crippen LogP contribution in [0.25, 0.3) is 22.5 Å². The van der Waals surface area contributed by atoms with Crippen molar-refractivity contribution in [2.75, 3.05) is 0 Å². The molecule has 0 radical (unpaired) electrons. The largest absolute Gasteiger partial charge is 0.330 e. The monoisotopic (exact) mass is 482 g/mol. The van der Waals surface area contributed by atoms with Gasteiger partial charge in [0, 0.05) is 60.9 Å². The Labute approximate surface area is 208 Å². The minimum atomic E-state index is -0.625. The lowest BCUT2D eigenvalue weighted by Crippen LogP contribution is -2.52. The average Bonchev–Trinajstić information content (AvgIpc) is 3.81. The zero-order valence-electron chi connectivity index (χ0n) is 20.0. The van der Waals surface area contributed by atoms with Crippen molar-refractivity contribution in [1.82, 2.24) is 29.7 Å². The van der Waals surface area contributed by atoms with Gasteiger partial charge in [0.25, 0.3) is 5.91 Å². The lowest BCUT2D eigenvalue weighted by molar-refractivity contribution is -0.136. The summed E-state index contributed by atoms with van der Waals surface area (Å²) < 4.78 is 2.16. The van der Waals surface area contributed by atoms with Crippen molar-refractivity contribution in [2.24, 2.45) is 7.05 Å². The zero-order chi connectivity index (χ0) is 24.6. The molecule has 2 saturated carbocycles. The van der Waals surface area contributed by atoms with Gasteiger partial charge in [0.1, 0.15) is 17.7 Å². The molecule has 1 saturated heterocycles. The number of nitrogens with one attached hydrogen (secondary N) is 1. The van der Waals surface area contributed by atoms with Crippen LogP contribution in [0.1, 0.15) is 77.9 Å². The van der Waals surface area contributed by atoms with Gasteiger partial charge in [-0.3, -0.25) is 19.7 Å². The summed E-state index contributed by atoms with van der Waals surface area (Å²) in [5, 5.41) is 2.36. The quantitative estimate of drug-likeness (QED) is 0.560. The average molecular weight is 483 g/mol. The smallest absolute Gasteiger partial charge is 0.255 e. The topological polar surface area (TPSA) is 110 Å². The predicted molar refractivity (Wildman–Crippen MR) is 130 cm³/mol. The van der Waals surface area contributed by atoms with E-state index in [0.717, 1.165) is 65.4 Å². The zero-order valence-corrected chi connectivity index (χ0v) is 20.0. The predicted octanol–water partition coefficient (Wildman–Crippen LogP) is 3.06. The number of amides is 3.